The molecule has 1 atom stereocenters. The fraction of sp³-hybridized carbons (Fsp3) is 0.500. The van der Waals surface area contributed by atoms with Gasteiger partial charge in [-0.1, -0.05) is 24.6 Å². The molecule has 1 unspecified atom stereocenters. The lowest BCUT2D eigenvalue weighted by molar-refractivity contribution is -0.139. The van der Waals surface area contributed by atoms with Crippen LogP contribution >= 0.6 is 0 Å². The van der Waals surface area contributed by atoms with Crippen LogP contribution in [0.25, 0.3) is 0 Å². The Labute approximate surface area is 130 Å². The zero-order chi connectivity index (χ0) is 16.2. The van der Waals surface area contributed by atoms with Crippen molar-refractivity contribution >= 4 is 12.1 Å². The molecule has 0 aliphatic heterocycles. The summed E-state index contributed by atoms with van der Waals surface area (Å²) in [5.41, 5.74) is 11.1. The Morgan fingerprint density at radius 3 is 2.41 bits per heavy atom. The van der Waals surface area contributed by atoms with Gasteiger partial charge in [-0.25, -0.2) is 4.79 Å². The van der Waals surface area contributed by atoms with Gasteiger partial charge in [-0.05, 0) is 50.4 Å². The normalized spacial score (nSPS) is 11.7. The Morgan fingerprint density at radius 1 is 1.05 bits per heavy atom. The van der Waals surface area contributed by atoms with Crippen molar-refractivity contribution in [2.24, 2.45) is 17.4 Å². The summed E-state index contributed by atoms with van der Waals surface area (Å²) in [6.07, 6.45) is 2.60. The number of rotatable bonds is 9. The van der Waals surface area contributed by atoms with Gasteiger partial charge < -0.3 is 20.9 Å². The fourth-order valence-corrected chi connectivity index (χ4v) is 2.03. The summed E-state index contributed by atoms with van der Waals surface area (Å²) in [5, 5.41) is 0. The van der Waals surface area contributed by atoms with E-state index in [1.54, 1.807) is 30.3 Å². The molecule has 0 fully saturated rings. The van der Waals surface area contributed by atoms with E-state index in [1.165, 1.54) is 0 Å². The van der Waals surface area contributed by atoms with Crippen molar-refractivity contribution in [2.75, 3.05) is 13.1 Å². The van der Waals surface area contributed by atoms with Crippen LogP contribution in [-0.2, 0) is 9.53 Å². The van der Waals surface area contributed by atoms with Gasteiger partial charge in [0.05, 0.1) is 0 Å². The lowest BCUT2D eigenvalue weighted by atomic mass is 9.97. The molecule has 122 valence electrons. The molecule has 0 radical (unpaired) electrons. The van der Waals surface area contributed by atoms with Crippen LogP contribution in [0, 0.1) is 5.92 Å². The average Bonchev–Trinajstić information content (AvgIpc) is 2.51. The Balaban J connectivity index is 2.25. The highest BCUT2D eigenvalue weighted by Crippen LogP contribution is 2.14. The van der Waals surface area contributed by atoms with E-state index in [-0.39, 0.29) is 12.3 Å². The van der Waals surface area contributed by atoms with Crippen LogP contribution in [0.2, 0.25) is 0 Å². The topological polar surface area (TPSA) is 105 Å². The predicted octanol–water partition coefficient (Wildman–Crippen LogP) is 2.21. The van der Waals surface area contributed by atoms with E-state index in [4.69, 9.17) is 16.2 Å². The van der Waals surface area contributed by atoms with Crippen LogP contribution in [0.4, 0.5) is 4.79 Å². The molecule has 1 aromatic rings. The molecule has 0 amide bonds. The lowest BCUT2D eigenvalue weighted by Gasteiger charge is -2.13. The smallest absolute Gasteiger partial charge is 0.395 e. The number of benzene rings is 1. The van der Waals surface area contributed by atoms with E-state index < -0.39 is 12.1 Å². The van der Waals surface area contributed by atoms with E-state index >= 15 is 0 Å². The molecule has 6 nitrogen and oxygen atoms in total. The van der Waals surface area contributed by atoms with Gasteiger partial charge in [0.15, 0.2) is 0 Å². The fourth-order valence-electron chi connectivity index (χ4n) is 2.03. The molecule has 0 spiro atoms. The molecule has 0 heterocycles. The maximum Gasteiger partial charge on any atom is 0.521 e. The first-order valence-electron chi connectivity index (χ1n) is 7.53. The average molecular weight is 308 g/mol. The van der Waals surface area contributed by atoms with Gasteiger partial charge in [-0.3, -0.25) is 4.79 Å². The molecule has 1 aromatic carbocycles. The highest BCUT2D eigenvalue weighted by atomic mass is 16.7. The first kappa shape index (κ1) is 18.1. The monoisotopic (exact) mass is 308 g/mol. The van der Waals surface area contributed by atoms with Crippen LogP contribution in [0.1, 0.15) is 32.1 Å². The second kappa shape index (κ2) is 10.8. The van der Waals surface area contributed by atoms with E-state index in [0.717, 1.165) is 19.3 Å². The minimum absolute atomic E-state index is 0.147. The van der Waals surface area contributed by atoms with Crippen molar-refractivity contribution in [3.05, 3.63) is 30.3 Å². The first-order chi connectivity index (χ1) is 10.7. The van der Waals surface area contributed by atoms with Crippen molar-refractivity contribution in [3.63, 3.8) is 0 Å². The molecular formula is C16H24N2O4. The number of carbonyl (C=O) groups excluding carboxylic acids is 2. The number of unbranched alkanes of at least 4 members (excludes halogenated alkanes) is 1. The maximum absolute atomic E-state index is 11.6. The summed E-state index contributed by atoms with van der Waals surface area (Å²) in [7, 11) is 0. The predicted molar refractivity (Wildman–Crippen MR) is 83.2 cm³/mol. The van der Waals surface area contributed by atoms with Gasteiger partial charge >= 0.3 is 12.1 Å². The van der Waals surface area contributed by atoms with Crippen LogP contribution in [0.5, 0.6) is 5.75 Å². The number of hydrogen-bond acceptors (Lipinski definition) is 6. The standard InChI is InChI=1S/C16H24N2O4/c17-11-5-4-6-13(12-18)9-10-15(19)22-16(20)21-14-7-2-1-3-8-14/h1-3,7-8,13H,4-6,9-12,17-18H2. The van der Waals surface area contributed by atoms with Crippen LogP contribution in [0.15, 0.2) is 30.3 Å². The highest BCUT2D eigenvalue weighted by Gasteiger charge is 2.15. The minimum atomic E-state index is -1.01. The van der Waals surface area contributed by atoms with Gasteiger partial charge in [0.25, 0.3) is 0 Å². The second-order valence-corrected chi connectivity index (χ2v) is 5.06. The van der Waals surface area contributed by atoms with Crippen molar-refractivity contribution in [1.29, 1.82) is 0 Å². The number of esters is 1. The van der Waals surface area contributed by atoms with Gasteiger partial charge in [-0.2, -0.15) is 0 Å². The largest absolute Gasteiger partial charge is 0.521 e. The summed E-state index contributed by atoms with van der Waals surface area (Å²) in [5.74, 6) is -0.0237. The van der Waals surface area contributed by atoms with E-state index in [9.17, 15) is 9.59 Å². The molecule has 0 aliphatic rings. The third-order valence-corrected chi connectivity index (χ3v) is 3.30. The van der Waals surface area contributed by atoms with Crippen LogP contribution < -0.4 is 16.2 Å². The summed E-state index contributed by atoms with van der Waals surface area (Å²) >= 11 is 0. The Bertz CT molecular complexity index is 451. The van der Waals surface area contributed by atoms with Crippen molar-refractivity contribution in [3.8, 4) is 5.75 Å². The molecule has 4 N–H and O–H groups in total. The zero-order valence-corrected chi connectivity index (χ0v) is 12.7. The summed E-state index contributed by atoms with van der Waals surface area (Å²) in [6, 6.07) is 8.44. The summed E-state index contributed by atoms with van der Waals surface area (Å²) in [6.45, 7) is 1.16. The highest BCUT2D eigenvalue weighted by molar-refractivity contribution is 5.82. The van der Waals surface area contributed by atoms with E-state index in [1.807, 2.05) is 0 Å². The van der Waals surface area contributed by atoms with Gasteiger partial charge in [0.1, 0.15) is 5.75 Å². The third kappa shape index (κ3) is 7.75. The third-order valence-electron chi connectivity index (χ3n) is 3.30. The Kier molecular flexibility index (Phi) is 8.86. The van der Waals surface area contributed by atoms with Gasteiger partial charge in [0, 0.05) is 6.42 Å². The molecule has 22 heavy (non-hydrogen) atoms. The van der Waals surface area contributed by atoms with E-state index in [2.05, 4.69) is 4.74 Å². The summed E-state index contributed by atoms with van der Waals surface area (Å²) in [4.78, 5) is 23.1. The molecular weight excluding hydrogens is 284 g/mol. The molecule has 0 saturated carbocycles. The number of para-hydroxylation sites is 1. The molecule has 0 aliphatic carbocycles. The van der Waals surface area contributed by atoms with Crippen LogP contribution in [0.3, 0.4) is 0 Å². The number of ether oxygens (including phenoxy) is 2. The summed E-state index contributed by atoms with van der Waals surface area (Å²) < 4.78 is 9.49. The SMILES string of the molecule is NCCCCC(CN)CCC(=O)OC(=O)Oc1ccccc1. The molecule has 0 saturated heterocycles. The molecule has 0 bridgehead atoms. The number of carbonyl (C=O) groups is 2. The first-order valence-corrected chi connectivity index (χ1v) is 7.53. The van der Waals surface area contributed by atoms with Crippen molar-refractivity contribution in [1.82, 2.24) is 0 Å². The van der Waals surface area contributed by atoms with Gasteiger partial charge in [0.2, 0.25) is 0 Å². The quantitative estimate of drug-likeness (QED) is 0.314. The minimum Gasteiger partial charge on any atom is -0.395 e. The Hall–Kier alpha value is -1.92. The molecule has 0 aromatic heterocycles. The lowest BCUT2D eigenvalue weighted by Crippen LogP contribution is -2.19. The van der Waals surface area contributed by atoms with Crippen molar-refractivity contribution < 1.29 is 19.1 Å². The Morgan fingerprint density at radius 2 is 1.77 bits per heavy atom. The van der Waals surface area contributed by atoms with Crippen LogP contribution in [-0.4, -0.2) is 25.2 Å². The maximum atomic E-state index is 11.6. The molecule has 6 heteroatoms. The number of hydrogen-bond donors (Lipinski definition) is 2. The molecule has 1 rings (SSSR count). The zero-order valence-electron chi connectivity index (χ0n) is 12.7. The van der Waals surface area contributed by atoms with E-state index in [0.29, 0.717) is 25.3 Å². The number of nitrogens with two attached hydrogens (primary N) is 2. The van der Waals surface area contributed by atoms with Crippen molar-refractivity contribution in [2.45, 2.75) is 32.1 Å². The second-order valence-electron chi connectivity index (χ2n) is 5.06. The van der Waals surface area contributed by atoms with Gasteiger partial charge in [-0.15, -0.1) is 0 Å².